The summed E-state index contributed by atoms with van der Waals surface area (Å²) in [7, 11) is 0. The van der Waals surface area contributed by atoms with Gasteiger partial charge in [-0.1, -0.05) is 0 Å². The fraction of sp³-hybridized carbons (Fsp3) is 0.857. The summed E-state index contributed by atoms with van der Waals surface area (Å²) < 4.78 is 0. The summed E-state index contributed by atoms with van der Waals surface area (Å²) in [6, 6.07) is -0.0666. The molecule has 0 aliphatic carbocycles. The summed E-state index contributed by atoms with van der Waals surface area (Å²) in [6.07, 6.45) is 0. The predicted molar refractivity (Wildman–Crippen MR) is 50.1 cm³/mol. The molecule has 1 amide bonds. The minimum atomic E-state index is -0.0666. The van der Waals surface area contributed by atoms with E-state index in [2.05, 4.69) is 5.73 Å². The topological polar surface area (TPSA) is 48.0 Å². The number of quaternary nitrogens is 1. The van der Waals surface area contributed by atoms with Crippen LogP contribution in [0.5, 0.6) is 0 Å². The Morgan fingerprint density at radius 3 is 2.33 bits per heavy atom. The molecule has 0 radical (unpaired) electrons. The molecule has 1 saturated heterocycles. The van der Waals surface area contributed by atoms with Crippen LogP contribution in [0.1, 0.15) is 6.92 Å². The molecule has 0 aromatic heterocycles. The van der Waals surface area contributed by atoms with Crippen LogP contribution in [0, 0.1) is 0 Å². The Morgan fingerprint density at radius 1 is 1.42 bits per heavy atom. The average Bonchev–Trinajstić information content (AvgIpc) is 2.30. The third-order valence-electron chi connectivity index (χ3n) is 1.71. The van der Waals surface area contributed by atoms with Crippen molar-refractivity contribution < 1.29 is 10.5 Å². The minimum absolute atomic E-state index is 0.0666. The first-order chi connectivity index (χ1) is 5.72. The third kappa shape index (κ3) is 3.08. The van der Waals surface area contributed by atoms with Crippen LogP contribution in [0.3, 0.4) is 0 Å². The van der Waals surface area contributed by atoms with E-state index in [4.69, 9.17) is 0 Å². The molecule has 5 heteroatoms. The first kappa shape index (κ1) is 10.5. The van der Waals surface area contributed by atoms with Gasteiger partial charge in [-0.15, -0.1) is 0 Å². The van der Waals surface area contributed by atoms with E-state index in [1.807, 2.05) is 11.8 Å². The van der Waals surface area contributed by atoms with E-state index < -0.39 is 0 Å². The van der Waals surface area contributed by atoms with Crippen molar-refractivity contribution in [1.82, 2.24) is 4.90 Å². The number of carbonyl (C=O) groups excluding carboxylic acids is 1. The number of hydrogen-bond donors (Lipinski definition) is 1. The Hall–Kier alpha value is 0.469. The molecule has 0 aromatic carbocycles. The van der Waals surface area contributed by atoms with Crippen molar-refractivity contribution >= 4 is 32.2 Å². The van der Waals surface area contributed by atoms with Crippen molar-refractivity contribution in [2.45, 2.75) is 23.6 Å². The number of amides is 1. The molecule has 0 bridgehead atoms. The van der Waals surface area contributed by atoms with Gasteiger partial charge in [-0.3, -0.25) is 0 Å². The van der Waals surface area contributed by atoms with E-state index in [1.165, 1.54) is 10.6 Å². The van der Waals surface area contributed by atoms with Crippen LogP contribution in [0.2, 0.25) is 10.6 Å². The molecule has 12 heavy (non-hydrogen) atoms. The Kier molecular flexibility index (Phi) is 4.62. The summed E-state index contributed by atoms with van der Waals surface area (Å²) in [4.78, 5) is 13.5. The Labute approximate surface area is 84.3 Å². The van der Waals surface area contributed by atoms with Crippen molar-refractivity contribution in [3.63, 3.8) is 0 Å². The molecule has 1 aliphatic rings. The molecule has 1 aliphatic heterocycles. The summed E-state index contributed by atoms with van der Waals surface area (Å²) in [5.41, 5.74) is 3.76. The molecule has 0 unspecified atom stereocenters. The van der Waals surface area contributed by atoms with Crippen LogP contribution >= 0.6 is 0 Å². The fourth-order valence-electron chi connectivity index (χ4n) is 1.06. The quantitative estimate of drug-likeness (QED) is 0.596. The Bertz CT molecular complexity index is 155. The molecule has 3 nitrogen and oxygen atoms in total. The average molecular weight is 301 g/mol. The van der Waals surface area contributed by atoms with Gasteiger partial charge in [0.1, 0.15) is 0 Å². The summed E-state index contributed by atoms with van der Waals surface area (Å²) >= 11 is 1.68. The second kappa shape index (κ2) is 5.25. The molecule has 3 N–H and O–H groups in total. The molecular formula is C7H15N2OSe2+. The van der Waals surface area contributed by atoms with Crippen LogP contribution in [-0.2, 0) is 4.79 Å². The van der Waals surface area contributed by atoms with Crippen LogP contribution in [0.15, 0.2) is 0 Å². The third-order valence-corrected chi connectivity index (χ3v) is 8.97. The normalized spacial score (nSPS) is 21.7. The van der Waals surface area contributed by atoms with E-state index >= 15 is 0 Å². The number of nitrogens with zero attached hydrogens (tertiary/aromatic N) is 1. The van der Waals surface area contributed by atoms with E-state index in [-0.39, 0.29) is 11.9 Å². The van der Waals surface area contributed by atoms with E-state index in [0.717, 1.165) is 39.4 Å². The number of hydrogen-bond acceptors (Lipinski definition) is 1. The maximum atomic E-state index is 11.5. The van der Waals surface area contributed by atoms with Crippen LogP contribution in [0.4, 0.5) is 0 Å². The van der Waals surface area contributed by atoms with Gasteiger partial charge in [0.25, 0.3) is 0 Å². The van der Waals surface area contributed by atoms with Crippen LogP contribution in [0.25, 0.3) is 0 Å². The Balaban J connectivity index is 2.43. The van der Waals surface area contributed by atoms with Gasteiger partial charge >= 0.3 is 84.3 Å². The van der Waals surface area contributed by atoms with Crippen LogP contribution in [-0.4, -0.2) is 56.2 Å². The van der Waals surface area contributed by atoms with Gasteiger partial charge < -0.3 is 0 Å². The zero-order valence-corrected chi connectivity index (χ0v) is 10.7. The van der Waals surface area contributed by atoms with Crippen LogP contribution < -0.4 is 5.73 Å². The molecule has 1 fully saturated rings. The zero-order chi connectivity index (χ0) is 8.97. The van der Waals surface area contributed by atoms with Crippen molar-refractivity contribution in [3.05, 3.63) is 0 Å². The molecule has 70 valence electrons. The SMILES string of the molecule is C[C@H]([NH3+])C(=O)N1CC[Se][Se]CC1. The second-order valence-corrected chi connectivity index (χ2v) is 10.7. The molecular weight excluding hydrogens is 286 g/mol. The molecule has 1 heterocycles. The van der Waals surface area contributed by atoms with Gasteiger partial charge in [-0.25, -0.2) is 0 Å². The van der Waals surface area contributed by atoms with Crippen molar-refractivity contribution in [1.29, 1.82) is 0 Å². The Morgan fingerprint density at radius 2 is 1.92 bits per heavy atom. The van der Waals surface area contributed by atoms with Gasteiger partial charge in [0.05, 0.1) is 0 Å². The molecule has 0 spiro atoms. The van der Waals surface area contributed by atoms with Crippen molar-refractivity contribution in [3.8, 4) is 0 Å². The summed E-state index contributed by atoms with van der Waals surface area (Å²) in [5.74, 6) is 0.239. The standard InChI is InChI=1S/C7H14N2OSe2/c1-6(8)7(10)9-2-4-11-12-5-3-9/h6H,2-5,8H2,1H3/p+1/t6-/m0/s1. The van der Waals surface area contributed by atoms with Crippen molar-refractivity contribution in [2.24, 2.45) is 0 Å². The first-order valence-electron chi connectivity index (χ1n) is 4.08. The van der Waals surface area contributed by atoms with E-state index in [9.17, 15) is 4.79 Å². The maximum absolute atomic E-state index is 11.5. The van der Waals surface area contributed by atoms with Gasteiger partial charge in [-0.2, -0.15) is 0 Å². The molecule has 1 rings (SSSR count). The molecule has 0 aromatic rings. The molecule has 0 saturated carbocycles. The number of carbonyl (C=O) groups is 1. The van der Waals surface area contributed by atoms with Gasteiger partial charge in [0.15, 0.2) is 0 Å². The monoisotopic (exact) mass is 303 g/mol. The predicted octanol–water partition coefficient (Wildman–Crippen LogP) is -1.38. The van der Waals surface area contributed by atoms with Crippen molar-refractivity contribution in [2.75, 3.05) is 13.1 Å². The van der Waals surface area contributed by atoms with E-state index in [0.29, 0.717) is 0 Å². The van der Waals surface area contributed by atoms with Gasteiger partial charge in [-0.05, 0) is 0 Å². The van der Waals surface area contributed by atoms with Gasteiger partial charge in [0, 0.05) is 0 Å². The van der Waals surface area contributed by atoms with Gasteiger partial charge in [0.2, 0.25) is 0 Å². The summed E-state index contributed by atoms with van der Waals surface area (Å²) in [5, 5.41) is 2.51. The fourth-order valence-corrected chi connectivity index (χ4v) is 6.98. The molecule has 1 atom stereocenters. The van der Waals surface area contributed by atoms with E-state index in [1.54, 1.807) is 0 Å². The zero-order valence-electron chi connectivity index (χ0n) is 7.28. The first-order valence-corrected chi connectivity index (χ1v) is 10.8. The second-order valence-electron chi connectivity index (χ2n) is 2.87. The summed E-state index contributed by atoms with van der Waals surface area (Å²) in [6.45, 7) is 3.85. The number of rotatable bonds is 1.